The molecule has 0 aliphatic rings. The fourth-order valence-corrected chi connectivity index (χ4v) is 1.96. The minimum atomic E-state index is -0.0509. The fraction of sp³-hybridized carbons (Fsp3) is 1.00. The Morgan fingerprint density at radius 1 is 1.12 bits per heavy atom. The van der Waals surface area contributed by atoms with Gasteiger partial charge < -0.3 is 10.5 Å². The molecular formula is C13H30N2O. The van der Waals surface area contributed by atoms with Crippen LogP contribution in [0.4, 0.5) is 0 Å². The molecule has 0 aliphatic heterocycles. The molecule has 0 aromatic rings. The third kappa shape index (κ3) is 4.81. The van der Waals surface area contributed by atoms with Crippen LogP contribution in [0.25, 0.3) is 0 Å². The quantitative estimate of drug-likeness (QED) is 0.729. The summed E-state index contributed by atoms with van der Waals surface area (Å²) in [7, 11) is 2.14. The third-order valence-corrected chi connectivity index (χ3v) is 3.47. The zero-order valence-corrected chi connectivity index (χ0v) is 12.0. The number of rotatable bonds is 7. The summed E-state index contributed by atoms with van der Waals surface area (Å²) in [4.78, 5) is 2.35. The Morgan fingerprint density at radius 2 is 1.62 bits per heavy atom. The van der Waals surface area contributed by atoms with Crippen molar-refractivity contribution in [2.24, 2.45) is 5.73 Å². The molecule has 0 amide bonds. The van der Waals surface area contributed by atoms with Crippen LogP contribution < -0.4 is 5.73 Å². The maximum absolute atomic E-state index is 5.90. The van der Waals surface area contributed by atoms with Crippen LogP contribution in [0, 0.1) is 0 Å². The van der Waals surface area contributed by atoms with E-state index in [1.165, 1.54) is 0 Å². The second-order valence-corrected chi connectivity index (χ2v) is 5.52. The van der Waals surface area contributed by atoms with Crippen LogP contribution >= 0.6 is 0 Å². The van der Waals surface area contributed by atoms with Crippen molar-refractivity contribution >= 4 is 0 Å². The Hall–Kier alpha value is -0.120. The number of hydrogen-bond acceptors (Lipinski definition) is 3. The second kappa shape index (κ2) is 6.58. The van der Waals surface area contributed by atoms with Gasteiger partial charge in [-0.1, -0.05) is 13.8 Å². The maximum Gasteiger partial charge on any atom is 0.0600 e. The molecule has 2 N–H and O–H groups in total. The molecule has 0 heterocycles. The predicted molar refractivity (Wildman–Crippen MR) is 70.7 cm³/mol. The maximum atomic E-state index is 5.90. The molecule has 0 spiro atoms. The molecule has 0 aromatic carbocycles. The van der Waals surface area contributed by atoms with Crippen LogP contribution in [0.5, 0.6) is 0 Å². The van der Waals surface area contributed by atoms with Crippen LogP contribution in [0.2, 0.25) is 0 Å². The van der Waals surface area contributed by atoms with Gasteiger partial charge in [-0.05, 0) is 40.7 Å². The Labute approximate surface area is 101 Å². The SMILES string of the molecule is CCC(CC)(CN)N(C)CCOC(C)(C)C. The number of nitrogens with zero attached hydrogens (tertiary/aromatic N) is 1. The van der Waals surface area contributed by atoms with Gasteiger partial charge in [0.2, 0.25) is 0 Å². The smallest absolute Gasteiger partial charge is 0.0600 e. The fourth-order valence-electron chi connectivity index (χ4n) is 1.96. The topological polar surface area (TPSA) is 38.5 Å². The lowest BCUT2D eigenvalue weighted by Gasteiger charge is -2.40. The van der Waals surface area contributed by atoms with Crippen LogP contribution in [0.3, 0.4) is 0 Å². The zero-order chi connectivity index (χ0) is 12.8. The standard InChI is InChI=1S/C13H30N2O/c1-7-13(8-2,11-14)15(6)9-10-16-12(3,4)5/h7-11,14H2,1-6H3. The van der Waals surface area contributed by atoms with E-state index in [0.717, 1.165) is 26.0 Å². The van der Waals surface area contributed by atoms with Gasteiger partial charge in [-0.2, -0.15) is 0 Å². The van der Waals surface area contributed by atoms with Crippen LogP contribution in [-0.4, -0.2) is 42.8 Å². The molecule has 0 unspecified atom stereocenters. The molecule has 0 atom stereocenters. The summed E-state index contributed by atoms with van der Waals surface area (Å²) in [5.41, 5.74) is 5.99. The van der Waals surface area contributed by atoms with Crippen molar-refractivity contribution in [3.8, 4) is 0 Å². The number of ether oxygens (including phenoxy) is 1. The summed E-state index contributed by atoms with van der Waals surface area (Å²) in [6.45, 7) is 13.1. The first-order valence-electron chi connectivity index (χ1n) is 6.36. The predicted octanol–water partition coefficient (Wildman–Crippen LogP) is 2.25. The first-order chi connectivity index (χ1) is 7.31. The summed E-state index contributed by atoms with van der Waals surface area (Å²) in [5, 5.41) is 0. The van der Waals surface area contributed by atoms with E-state index in [2.05, 4.69) is 46.6 Å². The summed E-state index contributed by atoms with van der Waals surface area (Å²) in [5.74, 6) is 0. The zero-order valence-electron chi connectivity index (χ0n) is 12.0. The highest BCUT2D eigenvalue weighted by atomic mass is 16.5. The highest BCUT2D eigenvalue weighted by Crippen LogP contribution is 2.21. The lowest BCUT2D eigenvalue weighted by atomic mass is 9.91. The lowest BCUT2D eigenvalue weighted by molar-refractivity contribution is -0.0240. The molecule has 0 bridgehead atoms. The van der Waals surface area contributed by atoms with Gasteiger partial charge in [0.05, 0.1) is 12.2 Å². The molecular weight excluding hydrogens is 200 g/mol. The van der Waals surface area contributed by atoms with Gasteiger partial charge in [0.1, 0.15) is 0 Å². The molecule has 0 rings (SSSR count). The summed E-state index contributed by atoms with van der Waals surface area (Å²) >= 11 is 0. The van der Waals surface area contributed by atoms with Gasteiger partial charge in [-0.3, -0.25) is 4.90 Å². The van der Waals surface area contributed by atoms with Gasteiger partial charge in [0, 0.05) is 18.6 Å². The average molecular weight is 230 g/mol. The molecule has 3 nitrogen and oxygen atoms in total. The van der Waals surface area contributed by atoms with E-state index in [1.54, 1.807) is 0 Å². The first kappa shape index (κ1) is 15.9. The average Bonchev–Trinajstić information content (AvgIpc) is 2.19. The van der Waals surface area contributed by atoms with Crippen molar-refractivity contribution in [1.82, 2.24) is 4.90 Å². The second-order valence-electron chi connectivity index (χ2n) is 5.52. The van der Waals surface area contributed by atoms with E-state index in [1.807, 2.05) is 0 Å². The minimum Gasteiger partial charge on any atom is -0.375 e. The van der Waals surface area contributed by atoms with Gasteiger partial charge in [0.25, 0.3) is 0 Å². The van der Waals surface area contributed by atoms with Crippen molar-refractivity contribution in [3.05, 3.63) is 0 Å². The van der Waals surface area contributed by atoms with Crippen LogP contribution in [0.1, 0.15) is 47.5 Å². The van der Waals surface area contributed by atoms with Crippen molar-refractivity contribution in [3.63, 3.8) is 0 Å². The minimum absolute atomic E-state index is 0.0509. The summed E-state index contributed by atoms with van der Waals surface area (Å²) < 4.78 is 5.75. The highest BCUT2D eigenvalue weighted by Gasteiger charge is 2.29. The van der Waals surface area contributed by atoms with E-state index in [4.69, 9.17) is 10.5 Å². The van der Waals surface area contributed by atoms with E-state index >= 15 is 0 Å². The van der Waals surface area contributed by atoms with E-state index in [-0.39, 0.29) is 11.1 Å². The Morgan fingerprint density at radius 3 is 1.94 bits per heavy atom. The highest BCUT2D eigenvalue weighted by molar-refractivity contribution is 4.87. The molecule has 0 saturated heterocycles. The molecule has 0 aliphatic carbocycles. The Kier molecular flexibility index (Phi) is 6.53. The van der Waals surface area contributed by atoms with Crippen LogP contribution in [0.15, 0.2) is 0 Å². The number of hydrogen-bond donors (Lipinski definition) is 1. The lowest BCUT2D eigenvalue weighted by Crippen LogP contribution is -2.52. The van der Waals surface area contributed by atoms with Gasteiger partial charge in [-0.25, -0.2) is 0 Å². The molecule has 3 heteroatoms. The first-order valence-corrected chi connectivity index (χ1v) is 6.36. The van der Waals surface area contributed by atoms with Crippen LogP contribution in [-0.2, 0) is 4.74 Å². The van der Waals surface area contributed by atoms with E-state index in [0.29, 0.717) is 6.54 Å². The monoisotopic (exact) mass is 230 g/mol. The van der Waals surface area contributed by atoms with Crippen molar-refractivity contribution < 1.29 is 4.74 Å². The Balaban J connectivity index is 4.17. The molecule has 98 valence electrons. The summed E-state index contributed by atoms with van der Waals surface area (Å²) in [6.07, 6.45) is 2.18. The number of nitrogens with two attached hydrogens (primary N) is 1. The van der Waals surface area contributed by atoms with E-state index < -0.39 is 0 Å². The van der Waals surface area contributed by atoms with Gasteiger partial charge in [0.15, 0.2) is 0 Å². The Bertz CT molecular complexity index is 175. The van der Waals surface area contributed by atoms with Gasteiger partial charge in [-0.15, -0.1) is 0 Å². The molecule has 16 heavy (non-hydrogen) atoms. The molecule has 0 fully saturated rings. The van der Waals surface area contributed by atoms with Crippen molar-refractivity contribution in [1.29, 1.82) is 0 Å². The molecule has 0 aromatic heterocycles. The normalized spacial score (nSPS) is 13.5. The van der Waals surface area contributed by atoms with Crippen molar-refractivity contribution in [2.75, 3.05) is 26.7 Å². The largest absolute Gasteiger partial charge is 0.375 e. The van der Waals surface area contributed by atoms with Gasteiger partial charge >= 0.3 is 0 Å². The molecule has 0 saturated carbocycles. The van der Waals surface area contributed by atoms with Crippen molar-refractivity contribution in [2.45, 2.75) is 58.6 Å². The van der Waals surface area contributed by atoms with E-state index in [9.17, 15) is 0 Å². The summed E-state index contributed by atoms with van der Waals surface area (Å²) in [6, 6.07) is 0. The number of likely N-dealkylation sites (N-methyl/N-ethyl adjacent to an activating group) is 1. The molecule has 0 radical (unpaired) electrons. The third-order valence-electron chi connectivity index (χ3n) is 3.47.